The van der Waals surface area contributed by atoms with Crippen LogP contribution in [-0.2, 0) is 4.74 Å². The van der Waals surface area contributed by atoms with Crippen LogP contribution >= 0.6 is 0 Å². The van der Waals surface area contributed by atoms with Gasteiger partial charge in [-0.1, -0.05) is 35.4 Å². The first-order valence-corrected chi connectivity index (χ1v) is 4.37. The van der Waals surface area contributed by atoms with E-state index >= 15 is 0 Å². The summed E-state index contributed by atoms with van der Waals surface area (Å²) in [5.74, 6) is 0. The molecule has 0 atom stereocenters. The van der Waals surface area contributed by atoms with Gasteiger partial charge in [0.15, 0.2) is 6.86 Å². The van der Waals surface area contributed by atoms with Gasteiger partial charge in [-0.05, 0) is 20.8 Å². The standard InChI is InChI=1S/C8H10.C3H7FO/c1-7-3-5-8(2)6-4-7;1-2-5-3-4/h3-6H,1-2H3;2-3H2,1H3. The Kier molecular flexibility index (Phi) is 7.21. The lowest BCUT2D eigenvalue weighted by Gasteiger charge is -1.90. The minimum atomic E-state index is -0.656. The number of hydrogen-bond acceptors (Lipinski definition) is 1. The molecule has 1 nitrogen and oxygen atoms in total. The van der Waals surface area contributed by atoms with Crippen molar-refractivity contribution in [2.24, 2.45) is 0 Å². The second kappa shape index (κ2) is 7.74. The minimum absolute atomic E-state index is 0.469. The molecule has 0 aliphatic heterocycles. The molecule has 0 amide bonds. The van der Waals surface area contributed by atoms with Crippen molar-refractivity contribution in [2.45, 2.75) is 20.8 Å². The number of hydrogen-bond donors (Lipinski definition) is 0. The van der Waals surface area contributed by atoms with E-state index in [4.69, 9.17) is 0 Å². The molecule has 1 aromatic rings. The topological polar surface area (TPSA) is 9.23 Å². The van der Waals surface area contributed by atoms with Crippen LogP contribution in [0.3, 0.4) is 0 Å². The largest absolute Gasteiger partial charge is 0.351 e. The SMILES string of the molecule is CCOCF.Cc1ccc(C)cc1. The van der Waals surface area contributed by atoms with E-state index in [9.17, 15) is 4.39 Å². The van der Waals surface area contributed by atoms with Crippen molar-refractivity contribution in [3.63, 3.8) is 0 Å². The van der Waals surface area contributed by atoms with Crippen LogP contribution in [0.15, 0.2) is 24.3 Å². The molecule has 1 rings (SSSR count). The quantitative estimate of drug-likeness (QED) is 0.685. The van der Waals surface area contributed by atoms with Gasteiger partial charge in [0.25, 0.3) is 0 Å². The predicted octanol–water partition coefficient (Wildman–Crippen LogP) is 3.25. The highest BCUT2D eigenvalue weighted by atomic mass is 19.1. The lowest BCUT2D eigenvalue weighted by atomic mass is 10.2. The lowest BCUT2D eigenvalue weighted by molar-refractivity contribution is 0.0672. The van der Waals surface area contributed by atoms with Crippen LogP contribution in [0.1, 0.15) is 18.1 Å². The van der Waals surface area contributed by atoms with E-state index in [1.807, 2.05) is 0 Å². The smallest absolute Gasteiger partial charge is 0.188 e. The van der Waals surface area contributed by atoms with Crippen LogP contribution < -0.4 is 0 Å². The summed E-state index contributed by atoms with van der Waals surface area (Å²) in [6, 6.07) is 8.48. The highest BCUT2D eigenvalue weighted by molar-refractivity contribution is 5.19. The average Bonchev–Trinajstić information content (AvgIpc) is 2.13. The molecule has 2 heteroatoms. The number of halogens is 1. The Balaban J connectivity index is 0.000000252. The van der Waals surface area contributed by atoms with Crippen molar-refractivity contribution in [1.29, 1.82) is 0 Å². The van der Waals surface area contributed by atoms with Crippen LogP contribution in [0.5, 0.6) is 0 Å². The number of aryl methyl sites for hydroxylation is 2. The van der Waals surface area contributed by atoms with E-state index in [0.29, 0.717) is 6.61 Å². The zero-order valence-electron chi connectivity index (χ0n) is 8.51. The fourth-order valence-corrected chi connectivity index (χ4v) is 0.714. The first kappa shape index (κ1) is 12.1. The summed E-state index contributed by atoms with van der Waals surface area (Å²) < 4.78 is 14.9. The van der Waals surface area contributed by atoms with Crippen molar-refractivity contribution < 1.29 is 9.13 Å². The molecule has 0 aliphatic carbocycles. The molecule has 0 heterocycles. The third-order valence-electron chi connectivity index (χ3n) is 1.50. The molecular weight excluding hydrogens is 167 g/mol. The van der Waals surface area contributed by atoms with Gasteiger partial charge < -0.3 is 4.74 Å². The van der Waals surface area contributed by atoms with Crippen LogP contribution in [0, 0.1) is 13.8 Å². The molecule has 74 valence electrons. The fraction of sp³-hybridized carbons (Fsp3) is 0.455. The van der Waals surface area contributed by atoms with Crippen molar-refractivity contribution in [1.82, 2.24) is 0 Å². The van der Waals surface area contributed by atoms with E-state index < -0.39 is 6.86 Å². The number of rotatable bonds is 2. The molecule has 13 heavy (non-hydrogen) atoms. The Morgan fingerprint density at radius 1 is 1.08 bits per heavy atom. The maximum absolute atomic E-state index is 10.8. The number of alkyl halides is 1. The first-order chi connectivity index (χ1) is 6.20. The van der Waals surface area contributed by atoms with E-state index in [1.54, 1.807) is 6.92 Å². The average molecular weight is 184 g/mol. The second-order valence-electron chi connectivity index (χ2n) is 2.76. The van der Waals surface area contributed by atoms with Gasteiger partial charge in [-0.15, -0.1) is 0 Å². The number of benzene rings is 1. The van der Waals surface area contributed by atoms with E-state index in [1.165, 1.54) is 11.1 Å². The first-order valence-electron chi connectivity index (χ1n) is 4.37. The van der Waals surface area contributed by atoms with Crippen molar-refractivity contribution in [2.75, 3.05) is 13.5 Å². The van der Waals surface area contributed by atoms with Gasteiger partial charge in [-0.25, -0.2) is 4.39 Å². The predicted molar refractivity (Wildman–Crippen MR) is 53.5 cm³/mol. The summed E-state index contributed by atoms with van der Waals surface area (Å²) in [7, 11) is 0. The lowest BCUT2D eigenvalue weighted by Crippen LogP contribution is -1.82. The molecule has 0 radical (unpaired) electrons. The maximum atomic E-state index is 10.8. The Hall–Kier alpha value is -0.890. The van der Waals surface area contributed by atoms with Gasteiger partial charge in [-0.2, -0.15) is 0 Å². The monoisotopic (exact) mass is 184 g/mol. The Morgan fingerprint density at radius 3 is 1.62 bits per heavy atom. The van der Waals surface area contributed by atoms with Crippen molar-refractivity contribution >= 4 is 0 Å². The van der Waals surface area contributed by atoms with Gasteiger partial charge in [0.1, 0.15) is 0 Å². The molecular formula is C11H17FO. The van der Waals surface area contributed by atoms with Gasteiger partial charge in [0.2, 0.25) is 0 Å². The summed E-state index contributed by atoms with van der Waals surface area (Å²) in [5.41, 5.74) is 2.66. The molecule has 0 saturated carbocycles. The molecule has 0 bridgehead atoms. The molecule has 0 saturated heterocycles. The van der Waals surface area contributed by atoms with Crippen LogP contribution in [0.25, 0.3) is 0 Å². The van der Waals surface area contributed by atoms with Gasteiger partial charge in [0.05, 0.1) is 0 Å². The summed E-state index contributed by atoms with van der Waals surface area (Å²) in [6.07, 6.45) is 0. The van der Waals surface area contributed by atoms with Crippen LogP contribution in [0.2, 0.25) is 0 Å². The molecule has 0 unspecified atom stereocenters. The zero-order chi connectivity index (χ0) is 10.1. The van der Waals surface area contributed by atoms with E-state index in [-0.39, 0.29) is 0 Å². The van der Waals surface area contributed by atoms with Crippen molar-refractivity contribution in [3.8, 4) is 0 Å². The Labute approximate surface area is 79.5 Å². The van der Waals surface area contributed by atoms with Gasteiger partial charge >= 0.3 is 0 Å². The van der Waals surface area contributed by atoms with Crippen LogP contribution in [0.4, 0.5) is 4.39 Å². The van der Waals surface area contributed by atoms with Gasteiger partial charge in [0, 0.05) is 6.61 Å². The molecule has 0 spiro atoms. The third-order valence-corrected chi connectivity index (χ3v) is 1.50. The number of ether oxygens (including phenoxy) is 1. The Morgan fingerprint density at radius 2 is 1.46 bits per heavy atom. The highest BCUT2D eigenvalue weighted by Gasteiger charge is 1.79. The second-order valence-corrected chi connectivity index (χ2v) is 2.76. The maximum Gasteiger partial charge on any atom is 0.188 e. The molecule has 0 fully saturated rings. The summed E-state index contributed by atoms with van der Waals surface area (Å²) >= 11 is 0. The molecule has 0 aromatic heterocycles. The summed E-state index contributed by atoms with van der Waals surface area (Å²) in [5, 5.41) is 0. The summed E-state index contributed by atoms with van der Waals surface area (Å²) in [4.78, 5) is 0. The van der Waals surface area contributed by atoms with Crippen molar-refractivity contribution in [3.05, 3.63) is 35.4 Å². The Bertz CT molecular complexity index is 183. The normalized spacial score (nSPS) is 8.92. The fourth-order valence-electron chi connectivity index (χ4n) is 0.714. The minimum Gasteiger partial charge on any atom is -0.351 e. The highest BCUT2D eigenvalue weighted by Crippen LogP contribution is 1.99. The summed E-state index contributed by atoms with van der Waals surface area (Å²) in [6.45, 7) is 5.76. The molecule has 0 aliphatic rings. The van der Waals surface area contributed by atoms with E-state index in [0.717, 1.165) is 0 Å². The van der Waals surface area contributed by atoms with Gasteiger partial charge in [-0.3, -0.25) is 0 Å². The zero-order valence-corrected chi connectivity index (χ0v) is 8.51. The van der Waals surface area contributed by atoms with Crippen LogP contribution in [-0.4, -0.2) is 13.5 Å². The van der Waals surface area contributed by atoms with E-state index in [2.05, 4.69) is 42.8 Å². The third kappa shape index (κ3) is 7.47. The molecule has 0 N–H and O–H groups in total. The molecule has 1 aromatic carbocycles.